The predicted molar refractivity (Wildman–Crippen MR) is 66.5 cm³/mol. The fraction of sp³-hybridized carbons (Fsp3) is 0.538. The number of rotatable bonds is 6. The summed E-state index contributed by atoms with van der Waals surface area (Å²) in [4.78, 5) is 16.0. The van der Waals surface area contributed by atoms with E-state index in [0.717, 1.165) is 31.4 Å². The second-order valence-corrected chi connectivity index (χ2v) is 4.68. The second kappa shape index (κ2) is 5.27. The highest BCUT2D eigenvalue weighted by molar-refractivity contribution is 5.85. The Morgan fingerprint density at radius 1 is 1.53 bits per heavy atom. The third kappa shape index (κ3) is 3.03. The normalized spacial score (nSPS) is 16.5. The van der Waals surface area contributed by atoms with Gasteiger partial charge in [-0.2, -0.15) is 0 Å². The third-order valence-corrected chi connectivity index (χ3v) is 3.27. The van der Waals surface area contributed by atoms with Gasteiger partial charge in [-0.15, -0.1) is 0 Å². The van der Waals surface area contributed by atoms with Crippen molar-refractivity contribution in [3.63, 3.8) is 0 Å². The van der Waals surface area contributed by atoms with E-state index < -0.39 is 0 Å². The van der Waals surface area contributed by atoms with Crippen molar-refractivity contribution in [1.82, 2.24) is 15.6 Å². The smallest absolute Gasteiger partial charge is 0.227 e. The molecule has 92 valence electrons. The Morgan fingerprint density at radius 3 is 2.94 bits per heavy atom. The van der Waals surface area contributed by atoms with Gasteiger partial charge in [-0.1, -0.05) is 6.07 Å². The van der Waals surface area contributed by atoms with E-state index in [0.29, 0.717) is 6.54 Å². The first-order valence-corrected chi connectivity index (χ1v) is 6.09. The van der Waals surface area contributed by atoms with Gasteiger partial charge in [0.1, 0.15) is 0 Å². The van der Waals surface area contributed by atoms with Gasteiger partial charge < -0.3 is 10.6 Å². The molecule has 0 aromatic carbocycles. The van der Waals surface area contributed by atoms with Crippen LogP contribution in [0.3, 0.4) is 0 Å². The van der Waals surface area contributed by atoms with Crippen molar-refractivity contribution in [2.75, 3.05) is 20.1 Å². The Morgan fingerprint density at radius 2 is 2.35 bits per heavy atom. The van der Waals surface area contributed by atoms with E-state index in [-0.39, 0.29) is 11.3 Å². The minimum atomic E-state index is -0.121. The highest BCUT2D eigenvalue weighted by atomic mass is 16.2. The van der Waals surface area contributed by atoms with Crippen molar-refractivity contribution in [3.05, 3.63) is 30.1 Å². The molecule has 1 saturated carbocycles. The summed E-state index contributed by atoms with van der Waals surface area (Å²) in [5.74, 6) is 0.191. The fourth-order valence-corrected chi connectivity index (χ4v) is 2.03. The summed E-state index contributed by atoms with van der Waals surface area (Å²) in [5, 5.41) is 6.10. The summed E-state index contributed by atoms with van der Waals surface area (Å²) >= 11 is 0. The van der Waals surface area contributed by atoms with Crippen LogP contribution in [0, 0.1) is 5.41 Å². The summed E-state index contributed by atoms with van der Waals surface area (Å²) in [6.07, 6.45) is 6.45. The van der Waals surface area contributed by atoms with E-state index in [2.05, 4.69) is 15.6 Å². The fourth-order valence-electron chi connectivity index (χ4n) is 2.03. The predicted octanol–water partition coefficient (Wildman–Crippen LogP) is 0.740. The molecular weight excluding hydrogens is 214 g/mol. The van der Waals surface area contributed by atoms with Crippen molar-refractivity contribution in [1.29, 1.82) is 0 Å². The van der Waals surface area contributed by atoms with E-state index in [9.17, 15) is 4.79 Å². The minimum absolute atomic E-state index is 0.121. The number of hydrogen-bond acceptors (Lipinski definition) is 3. The SMILES string of the molecule is CNCC1(C(=O)NCCc2cccnc2)CC1. The van der Waals surface area contributed by atoms with Crippen LogP contribution in [-0.2, 0) is 11.2 Å². The maximum atomic E-state index is 11.9. The number of carbonyl (C=O) groups is 1. The van der Waals surface area contributed by atoms with Crippen LogP contribution in [0.2, 0.25) is 0 Å². The number of pyridine rings is 1. The first kappa shape index (κ1) is 12.0. The standard InChI is InChI=1S/C13H19N3O/c1-14-10-13(5-6-13)12(17)16-8-4-11-3-2-7-15-9-11/h2-3,7,9,14H,4-6,8,10H2,1H3,(H,16,17). The summed E-state index contributed by atoms with van der Waals surface area (Å²) in [6.45, 7) is 1.47. The van der Waals surface area contributed by atoms with Crippen molar-refractivity contribution < 1.29 is 4.79 Å². The van der Waals surface area contributed by atoms with Gasteiger partial charge in [0.05, 0.1) is 5.41 Å². The Balaban J connectivity index is 1.74. The maximum absolute atomic E-state index is 11.9. The van der Waals surface area contributed by atoms with Crippen LogP contribution in [0.25, 0.3) is 0 Å². The van der Waals surface area contributed by atoms with Crippen molar-refractivity contribution >= 4 is 5.91 Å². The molecular formula is C13H19N3O. The van der Waals surface area contributed by atoms with Crippen LogP contribution < -0.4 is 10.6 Å². The topological polar surface area (TPSA) is 54.0 Å². The van der Waals surface area contributed by atoms with Crippen LogP contribution in [0.15, 0.2) is 24.5 Å². The molecule has 0 atom stereocenters. The van der Waals surface area contributed by atoms with E-state index in [1.165, 1.54) is 0 Å². The molecule has 0 radical (unpaired) electrons. The zero-order valence-electron chi connectivity index (χ0n) is 10.2. The van der Waals surface area contributed by atoms with E-state index in [4.69, 9.17) is 0 Å². The number of nitrogens with zero attached hydrogens (tertiary/aromatic N) is 1. The summed E-state index contributed by atoms with van der Waals surface area (Å²) in [5.41, 5.74) is 1.04. The maximum Gasteiger partial charge on any atom is 0.227 e. The molecule has 1 fully saturated rings. The van der Waals surface area contributed by atoms with Crippen LogP contribution in [0.1, 0.15) is 18.4 Å². The highest BCUT2D eigenvalue weighted by Crippen LogP contribution is 2.45. The molecule has 17 heavy (non-hydrogen) atoms. The summed E-state index contributed by atoms with van der Waals surface area (Å²) < 4.78 is 0. The molecule has 1 aromatic rings. The average molecular weight is 233 g/mol. The van der Waals surface area contributed by atoms with Gasteiger partial charge in [-0.05, 0) is 37.9 Å². The minimum Gasteiger partial charge on any atom is -0.355 e. The molecule has 1 aliphatic carbocycles. The summed E-state index contributed by atoms with van der Waals surface area (Å²) in [6, 6.07) is 3.94. The number of nitrogens with one attached hydrogen (secondary N) is 2. The Bertz CT molecular complexity index is 374. The second-order valence-electron chi connectivity index (χ2n) is 4.68. The van der Waals surface area contributed by atoms with E-state index >= 15 is 0 Å². The molecule has 2 rings (SSSR count). The Kier molecular flexibility index (Phi) is 3.74. The van der Waals surface area contributed by atoms with Gasteiger partial charge in [-0.3, -0.25) is 9.78 Å². The molecule has 1 aromatic heterocycles. The van der Waals surface area contributed by atoms with Crippen LogP contribution in [0.4, 0.5) is 0 Å². The Hall–Kier alpha value is -1.42. The molecule has 1 aliphatic rings. The number of amides is 1. The number of aromatic nitrogens is 1. The molecule has 0 aliphatic heterocycles. The van der Waals surface area contributed by atoms with Crippen LogP contribution in [0.5, 0.6) is 0 Å². The molecule has 0 unspecified atom stereocenters. The number of hydrogen-bond donors (Lipinski definition) is 2. The van der Waals surface area contributed by atoms with Crippen molar-refractivity contribution in [3.8, 4) is 0 Å². The lowest BCUT2D eigenvalue weighted by Crippen LogP contribution is -2.38. The van der Waals surface area contributed by atoms with Crippen LogP contribution in [-0.4, -0.2) is 31.0 Å². The number of carbonyl (C=O) groups excluding carboxylic acids is 1. The molecule has 1 amide bonds. The largest absolute Gasteiger partial charge is 0.355 e. The van der Waals surface area contributed by atoms with Gasteiger partial charge in [0.25, 0.3) is 0 Å². The summed E-state index contributed by atoms with van der Waals surface area (Å²) in [7, 11) is 1.89. The van der Waals surface area contributed by atoms with E-state index in [1.807, 2.05) is 25.4 Å². The molecule has 0 bridgehead atoms. The first-order chi connectivity index (χ1) is 8.27. The highest BCUT2D eigenvalue weighted by Gasteiger charge is 2.48. The molecule has 2 N–H and O–H groups in total. The van der Waals surface area contributed by atoms with Crippen molar-refractivity contribution in [2.24, 2.45) is 5.41 Å². The van der Waals surface area contributed by atoms with E-state index in [1.54, 1.807) is 6.20 Å². The molecule has 4 nitrogen and oxygen atoms in total. The monoisotopic (exact) mass is 233 g/mol. The quantitative estimate of drug-likeness (QED) is 0.762. The van der Waals surface area contributed by atoms with Gasteiger partial charge in [0.2, 0.25) is 5.91 Å². The van der Waals surface area contributed by atoms with Gasteiger partial charge >= 0.3 is 0 Å². The van der Waals surface area contributed by atoms with Gasteiger partial charge in [0, 0.05) is 25.5 Å². The molecule has 1 heterocycles. The lowest BCUT2D eigenvalue weighted by atomic mass is 10.1. The zero-order chi connectivity index (χ0) is 12.1. The average Bonchev–Trinajstić information content (AvgIpc) is 3.12. The molecule has 4 heteroatoms. The van der Waals surface area contributed by atoms with Crippen LogP contribution >= 0.6 is 0 Å². The lowest BCUT2D eigenvalue weighted by molar-refractivity contribution is -0.126. The molecule has 0 spiro atoms. The first-order valence-electron chi connectivity index (χ1n) is 6.09. The lowest BCUT2D eigenvalue weighted by Gasteiger charge is -2.14. The zero-order valence-corrected chi connectivity index (χ0v) is 10.2. The third-order valence-electron chi connectivity index (χ3n) is 3.27. The van der Waals surface area contributed by atoms with Gasteiger partial charge in [-0.25, -0.2) is 0 Å². The van der Waals surface area contributed by atoms with Crippen molar-refractivity contribution in [2.45, 2.75) is 19.3 Å². The molecule has 0 saturated heterocycles. The van der Waals surface area contributed by atoms with Gasteiger partial charge in [0.15, 0.2) is 0 Å². The Labute approximate surface area is 102 Å².